The van der Waals surface area contributed by atoms with Crippen LogP contribution in [0.5, 0.6) is 23.0 Å². The van der Waals surface area contributed by atoms with Gasteiger partial charge in [-0.2, -0.15) is 9.97 Å². The summed E-state index contributed by atoms with van der Waals surface area (Å²) in [4.78, 5) is 22.8. The molecule has 316 valence electrons. The van der Waals surface area contributed by atoms with Crippen molar-refractivity contribution in [1.29, 1.82) is 0 Å². The highest BCUT2D eigenvalue weighted by molar-refractivity contribution is 5.93. The van der Waals surface area contributed by atoms with E-state index in [9.17, 15) is 17.6 Å². The number of piperidine rings is 2. The molecular weight excluding hydrogens is 781 g/mol. The van der Waals surface area contributed by atoms with Crippen molar-refractivity contribution in [3.8, 4) is 23.0 Å². The topological polar surface area (TPSA) is 119 Å². The molecule has 2 fully saturated rings. The molecule has 4 heterocycles. The van der Waals surface area contributed by atoms with Crippen LogP contribution in [0.1, 0.15) is 43.2 Å². The Balaban J connectivity index is 0.000000182. The quantitative estimate of drug-likeness (QED) is 0.115. The average Bonchev–Trinajstić information content (AvgIpc) is 3.27. The number of benzene rings is 4. The van der Waals surface area contributed by atoms with Crippen molar-refractivity contribution >= 4 is 45.3 Å². The van der Waals surface area contributed by atoms with E-state index in [4.69, 9.17) is 28.9 Å². The summed E-state index contributed by atoms with van der Waals surface area (Å²) in [6.07, 6.45) is 3.06. The highest BCUT2D eigenvalue weighted by Gasteiger charge is 2.35. The van der Waals surface area contributed by atoms with Crippen molar-refractivity contribution in [2.75, 3.05) is 75.1 Å². The SMILES string of the molecule is COc1cc2nc(N3CCC(F)(F)CC3)nc(NCc3ccc(F)cc3)c2cc1OC.COc1cc2nc(N3CCCCC3)nc(NCc3ccc(F)cc3)c2cc1OC. The van der Waals surface area contributed by atoms with Crippen LogP contribution in [0.3, 0.4) is 0 Å². The summed E-state index contributed by atoms with van der Waals surface area (Å²) in [6.45, 7) is 3.18. The van der Waals surface area contributed by atoms with Crippen molar-refractivity contribution in [2.45, 2.75) is 51.1 Å². The zero-order valence-electron chi connectivity index (χ0n) is 34.0. The molecule has 2 saturated heterocycles. The minimum Gasteiger partial charge on any atom is -0.493 e. The number of nitrogens with one attached hydrogen (secondary N) is 2. The number of fused-ring (bicyclic) bond motifs is 2. The number of rotatable bonds is 12. The summed E-state index contributed by atoms with van der Waals surface area (Å²) in [5, 5.41) is 8.21. The summed E-state index contributed by atoms with van der Waals surface area (Å²) >= 11 is 0. The van der Waals surface area contributed by atoms with E-state index in [2.05, 4.69) is 25.5 Å². The molecule has 2 aliphatic heterocycles. The van der Waals surface area contributed by atoms with E-state index < -0.39 is 5.92 Å². The van der Waals surface area contributed by atoms with E-state index in [1.54, 1.807) is 62.6 Å². The number of hydrogen-bond donors (Lipinski definition) is 2. The predicted molar refractivity (Wildman–Crippen MR) is 225 cm³/mol. The fourth-order valence-corrected chi connectivity index (χ4v) is 7.14. The third-order valence-corrected chi connectivity index (χ3v) is 10.5. The normalized spacial score (nSPS) is 14.9. The van der Waals surface area contributed by atoms with Crippen molar-refractivity contribution in [1.82, 2.24) is 19.9 Å². The lowest BCUT2D eigenvalue weighted by Gasteiger charge is -2.32. The van der Waals surface area contributed by atoms with Gasteiger partial charge < -0.3 is 39.4 Å². The summed E-state index contributed by atoms with van der Waals surface area (Å²) in [6, 6.07) is 19.9. The zero-order valence-corrected chi connectivity index (χ0v) is 34.0. The number of ether oxygens (including phenoxy) is 4. The van der Waals surface area contributed by atoms with E-state index in [0.717, 1.165) is 53.8 Å². The average molecular weight is 829 g/mol. The molecule has 12 nitrogen and oxygen atoms in total. The first-order valence-electron chi connectivity index (χ1n) is 19.8. The Morgan fingerprint density at radius 2 is 0.917 bits per heavy atom. The Labute approximate surface area is 345 Å². The summed E-state index contributed by atoms with van der Waals surface area (Å²) in [7, 11) is 6.30. The first-order chi connectivity index (χ1) is 29.1. The molecule has 0 amide bonds. The van der Waals surface area contributed by atoms with Gasteiger partial charge in [0.2, 0.25) is 11.9 Å². The summed E-state index contributed by atoms with van der Waals surface area (Å²) in [5.74, 6) is 1.41. The van der Waals surface area contributed by atoms with Gasteiger partial charge in [0.15, 0.2) is 23.0 Å². The Kier molecular flexibility index (Phi) is 13.1. The number of anilines is 4. The van der Waals surface area contributed by atoms with Crippen molar-refractivity contribution < 1.29 is 36.5 Å². The first kappa shape index (κ1) is 41.8. The Morgan fingerprint density at radius 1 is 0.533 bits per heavy atom. The van der Waals surface area contributed by atoms with Gasteiger partial charge in [0.25, 0.3) is 5.92 Å². The molecule has 2 aliphatic rings. The van der Waals surface area contributed by atoms with E-state index in [1.807, 2.05) is 12.1 Å². The molecular formula is C44H48F4N8O4. The molecule has 8 rings (SSSR count). The van der Waals surface area contributed by atoms with Gasteiger partial charge in [-0.25, -0.2) is 27.5 Å². The Bertz CT molecular complexity index is 2390. The molecule has 4 aromatic carbocycles. The van der Waals surface area contributed by atoms with Crippen LogP contribution in [-0.2, 0) is 13.1 Å². The fourth-order valence-electron chi connectivity index (χ4n) is 7.14. The van der Waals surface area contributed by atoms with Crippen molar-refractivity contribution in [3.05, 3.63) is 95.6 Å². The first-order valence-corrected chi connectivity index (χ1v) is 19.8. The van der Waals surface area contributed by atoms with Crippen LogP contribution in [0.2, 0.25) is 0 Å². The van der Waals surface area contributed by atoms with Crippen LogP contribution in [0, 0.1) is 11.6 Å². The van der Waals surface area contributed by atoms with Crippen molar-refractivity contribution in [2.24, 2.45) is 0 Å². The highest BCUT2D eigenvalue weighted by Crippen LogP contribution is 2.38. The van der Waals surface area contributed by atoms with Crippen LogP contribution >= 0.6 is 0 Å². The molecule has 0 radical (unpaired) electrons. The second-order valence-electron chi connectivity index (χ2n) is 14.5. The molecule has 60 heavy (non-hydrogen) atoms. The molecule has 6 aromatic rings. The molecule has 0 atom stereocenters. The van der Waals surface area contributed by atoms with Crippen LogP contribution in [0.4, 0.5) is 41.1 Å². The van der Waals surface area contributed by atoms with Gasteiger partial charge in [0, 0.05) is 75.0 Å². The minimum atomic E-state index is -2.66. The van der Waals surface area contributed by atoms with Gasteiger partial charge in [0.1, 0.15) is 23.3 Å². The third-order valence-electron chi connectivity index (χ3n) is 10.5. The molecule has 0 aliphatic carbocycles. The van der Waals surface area contributed by atoms with E-state index in [-0.39, 0.29) is 37.6 Å². The number of hydrogen-bond acceptors (Lipinski definition) is 12. The van der Waals surface area contributed by atoms with E-state index in [0.29, 0.717) is 64.7 Å². The maximum Gasteiger partial charge on any atom is 0.251 e. The lowest BCUT2D eigenvalue weighted by molar-refractivity contribution is -0.0222. The third kappa shape index (κ3) is 9.92. The van der Waals surface area contributed by atoms with Crippen LogP contribution in [0.15, 0.2) is 72.8 Å². The maximum absolute atomic E-state index is 13.6. The molecule has 0 spiro atoms. The van der Waals surface area contributed by atoms with Crippen LogP contribution in [0.25, 0.3) is 21.8 Å². The molecule has 0 saturated carbocycles. The minimum absolute atomic E-state index is 0.170. The second kappa shape index (κ2) is 18.7. The Hall–Kier alpha value is -6.32. The molecule has 2 aromatic heterocycles. The monoisotopic (exact) mass is 828 g/mol. The summed E-state index contributed by atoms with van der Waals surface area (Å²) in [5.41, 5.74) is 3.23. The largest absolute Gasteiger partial charge is 0.493 e. The van der Waals surface area contributed by atoms with Gasteiger partial charge in [-0.3, -0.25) is 0 Å². The van der Waals surface area contributed by atoms with Gasteiger partial charge in [-0.15, -0.1) is 0 Å². The Morgan fingerprint density at radius 3 is 1.32 bits per heavy atom. The predicted octanol–water partition coefficient (Wildman–Crippen LogP) is 9.02. The highest BCUT2D eigenvalue weighted by atomic mass is 19.3. The van der Waals surface area contributed by atoms with Gasteiger partial charge >= 0.3 is 0 Å². The van der Waals surface area contributed by atoms with E-state index >= 15 is 0 Å². The standard InChI is InChI=1S/C22H23F3N4O2.C22H25FN4O2/c1-30-18-11-16-17(12-19(18)31-2)27-21(29-9-7-22(24,25)8-10-29)28-20(16)26-13-14-3-5-15(23)6-4-14;1-28-19-12-17-18(13-20(19)29-2)25-22(27-10-4-3-5-11-27)26-21(17)24-14-15-6-8-16(23)9-7-15/h3-6,11-12H,7-10,13H2,1-2H3,(H,26,27,28);6-9,12-13H,3-5,10-11,14H2,1-2H3,(H,24,25,26). The molecule has 2 N–H and O–H groups in total. The number of methoxy groups -OCH3 is 4. The maximum atomic E-state index is 13.6. The van der Waals surface area contributed by atoms with Gasteiger partial charge in [-0.05, 0) is 66.8 Å². The number of halogens is 4. The van der Waals surface area contributed by atoms with Gasteiger partial charge in [0.05, 0.1) is 39.5 Å². The van der Waals surface area contributed by atoms with Crippen LogP contribution < -0.4 is 39.4 Å². The van der Waals surface area contributed by atoms with Crippen molar-refractivity contribution in [3.63, 3.8) is 0 Å². The van der Waals surface area contributed by atoms with Crippen LogP contribution in [-0.4, -0.2) is 80.5 Å². The summed E-state index contributed by atoms with van der Waals surface area (Å²) < 4.78 is 75.3. The fraction of sp³-hybridized carbons (Fsp3) is 0.364. The number of nitrogens with zero attached hydrogens (tertiary/aromatic N) is 6. The molecule has 0 unspecified atom stereocenters. The number of aromatic nitrogens is 4. The zero-order chi connectivity index (χ0) is 42.2. The lowest BCUT2D eigenvalue weighted by Crippen LogP contribution is -2.40. The smallest absolute Gasteiger partial charge is 0.251 e. The second-order valence-corrected chi connectivity index (χ2v) is 14.5. The molecule has 0 bridgehead atoms. The molecule has 16 heteroatoms. The van der Waals surface area contributed by atoms with E-state index in [1.165, 1.54) is 37.8 Å². The van der Waals surface area contributed by atoms with Gasteiger partial charge in [-0.1, -0.05) is 24.3 Å². The lowest BCUT2D eigenvalue weighted by atomic mass is 10.1. The number of alkyl halides is 2.